The quantitative estimate of drug-likeness (QED) is 0.228. The van der Waals surface area contributed by atoms with Crippen molar-refractivity contribution in [1.82, 2.24) is 4.98 Å². The molecule has 0 unspecified atom stereocenters. The van der Waals surface area contributed by atoms with E-state index >= 15 is 0 Å². The van der Waals surface area contributed by atoms with Gasteiger partial charge in [-0.2, -0.15) is 0 Å². The molecule has 0 aliphatic carbocycles. The fourth-order valence-electron chi connectivity index (χ4n) is 4.91. The van der Waals surface area contributed by atoms with Gasteiger partial charge in [-0.15, -0.1) is 11.8 Å². The van der Waals surface area contributed by atoms with Crippen LogP contribution in [0.1, 0.15) is 102 Å². The number of thioether (sulfide) groups is 1. The number of carbonyl (C=O) groups excluding carboxylic acids is 1. The number of fused-ring (bicyclic) bond motifs is 1. The monoisotopic (exact) mass is 477 g/mol. The maximum Gasteiger partial charge on any atom is 0.310 e. The number of hydrogen-bond acceptors (Lipinski definition) is 4. The van der Waals surface area contributed by atoms with Gasteiger partial charge < -0.3 is 4.74 Å². The lowest BCUT2D eigenvalue weighted by molar-refractivity contribution is -0.142. The van der Waals surface area contributed by atoms with Crippen LogP contribution >= 0.6 is 11.8 Å². The van der Waals surface area contributed by atoms with Crippen molar-refractivity contribution in [2.45, 2.75) is 102 Å². The van der Waals surface area contributed by atoms with E-state index in [1.54, 1.807) is 6.20 Å². The molecule has 182 valence electrons. The summed E-state index contributed by atoms with van der Waals surface area (Å²) in [6, 6.07) is 8.56. The molecule has 1 aliphatic heterocycles. The number of ether oxygens (including phenoxy) is 1. The largest absolute Gasteiger partial charge is 0.466 e. The Morgan fingerprint density at radius 2 is 1.88 bits per heavy atom. The van der Waals surface area contributed by atoms with Gasteiger partial charge in [0.05, 0.1) is 13.0 Å². The van der Waals surface area contributed by atoms with Crippen LogP contribution in [0.5, 0.6) is 0 Å². The summed E-state index contributed by atoms with van der Waals surface area (Å²) in [5, 5.41) is 0. The van der Waals surface area contributed by atoms with Crippen molar-refractivity contribution in [3.05, 3.63) is 58.4 Å². The Hall–Kier alpha value is -2.25. The highest BCUT2D eigenvalue weighted by molar-refractivity contribution is 8.00. The molecule has 0 atom stereocenters. The van der Waals surface area contributed by atoms with Crippen molar-refractivity contribution in [1.29, 1.82) is 0 Å². The third kappa shape index (κ3) is 7.12. The molecule has 0 saturated heterocycles. The molecule has 0 saturated carbocycles. The van der Waals surface area contributed by atoms with Crippen LogP contribution in [-0.4, -0.2) is 22.3 Å². The first-order valence-electron chi connectivity index (χ1n) is 12.6. The van der Waals surface area contributed by atoms with Crippen LogP contribution < -0.4 is 0 Å². The lowest BCUT2D eigenvalue weighted by Crippen LogP contribution is -2.33. The van der Waals surface area contributed by atoms with Crippen molar-refractivity contribution < 1.29 is 9.53 Å². The van der Waals surface area contributed by atoms with Gasteiger partial charge in [0.1, 0.15) is 5.69 Å². The predicted octanol–water partition coefficient (Wildman–Crippen LogP) is 7.26. The van der Waals surface area contributed by atoms with Crippen molar-refractivity contribution in [2.75, 3.05) is 6.61 Å². The summed E-state index contributed by atoms with van der Waals surface area (Å²) in [7, 11) is 0. The second-order valence-electron chi connectivity index (χ2n) is 10.5. The Balaban J connectivity index is 1.89. The Bertz CT molecular complexity index is 1060. The molecule has 0 amide bonds. The van der Waals surface area contributed by atoms with E-state index in [1.165, 1.54) is 41.7 Å². The van der Waals surface area contributed by atoms with Gasteiger partial charge in [-0.05, 0) is 72.4 Å². The summed E-state index contributed by atoms with van der Waals surface area (Å²) < 4.78 is 5.26. The predicted molar refractivity (Wildman–Crippen MR) is 142 cm³/mol. The van der Waals surface area contributed by atoms with Gasteiger partial charge >= 0.3 is 5.97 Å². The molecule has 0 spiro atoms. The zero-order chi connectivity index (χ0) is 24.8. The number of aromatic nitrogens is 1. The molecule has 2 aromatic rings. The van der Waals surface area contributed by atoms with E-state index < -0.39 is 0 Å². The summed E-state index contributed by atoms with van der Waals surface area (Å²) in [5.41, 5.74) is 5.57. The summed E-state index contributed by atoms with van der Waals surface area (Å²) in [6.45, 7) is 13.9. The number of esters is 1. The third-order valence-corrected chi connectivity index (χ3v) is 7.55. The SMILES string of the molecule is CCCCCCc1cc2c(cc1C#Cc1ccc(CC(=O)OCC)cn1)C(C)(C)CC(C)(C)S2. The van der Waals surface area contributed by atoms with Crippen LogP contribution in [-0.2, 0) is 27.8 Å². The van der Waals surface area contributed by atoms with Gasteiger partial charge in [0.25, 0.3) is 0 Å². The normalized spacial score (nSPS) is 15.7. The van der Waals surface area contributed by atoms with Crippen LogP contribution in [0.4, 0.5) is 0 Å². The molecule has 0 fully saturated rings. The molecule has 3 rings (SSSR count). The molecule has 0 N–H and O–H groups in total. The first-order valence-corrected chi connectivity index (χ1v) is 13.4. The Morgan fingerprint density at radius 1 is 1.09 bits per heavy atom. The number of unbranched alkanes of at least 4 members (excludes halogenated alkanes) is 3. The number of pyridine rings is 1. The van der Waals surface area contributed by atoms with Crippen molar-refractivity contribution >= 4 is 17.7 Å². The number of hydrogen-bond donors (Lipinski definition) is 0. The molecule has 0 radical (unpaired) electrons. The van der Waals surface area contributed by atoms with Gasteiger partial charge in [0.2, 0.25) is 0 Å². The Morgan fingerprint density at radius 3 is 2.56 bits per heavy atom. The third-order valence-electron chi connectivity index (χ3n) is 6.29. The van der Waals surface area contributed by atoms with Gasteiger partial charge in [0.15, 0.2) is 0 Å². The van der Waals surface area contributed by atoms with Crippen molar-refractivity contribution in [3.8, 4) is 11.8 Å². The van der Waals surface area contributed by atoms with E-state index in [-0.39, 0.29) is 22.6 Å². The maximum absolute atomic E-state index is 11.7. The second kappa shape index (κ2) is 11.5. The first kappa shape index (κ1) is 26.4. The number of benzene rings is 1. The van der Waals surface area contributed by atoms with Crippen LogP contribution in [0.15, 0.2) is 35.4 Å². The Kier molecular flexibility index (Phi) is 8.88. The molecule has 2 heterocycles. The minimum absolute atomic E-state index is 0.119. The van der Waals surface area contributed by atoms with Crippen molar-refractivity contribution in [3.63, 3.8) is 0 Å². The molecule has 1 aliphatic rings. The van der Waals surface area contributed by atoms with Crippen LogP contribution in [0, 0.1) is 11.8 Å². The summed E-state index contributed by atoms with van der Waals surface area (Å²) in [6.07, 6.45) is 9.14. The highest BCUT2D eigenvalue weighted by Crippen LogP contribution is 2.51. The van der Waals surface area contributed by atoms with Crippen LogP contribution in [0.25, 0.3) is 0 Å². The molecule has 4 heteroatoms. The van der Waals surface area contributed by atoms with Crippen LogP contribution in [0.3, 0.4) is 0 Å². The molecular formula is C30H39NO2S. The topological polar surface area (TPSA) is 39.2 Å². The minimum Gasteiger partial charge on any atom is -0.466 e. The number of carbonyl (C=O) groups is 1. The minimum atomic E-state index is -0.228. The maximum atomic E-state index is 11.7. The van der Waals surface area contributed by atoms with E-state index in [0.29, 0.717) is 6.61 Å². The summed E-state index contributed by atoms with van der Waals surface area (Å²) in [4.78, 5) is 17.6. The van der Waals surface area contributed by atoms with E-state index in [0.717, 1.165) is 29.7 Å². The van der Waals surface area contributed by atoms with E-state index in [4.69, 9.17) is 4.74 Å². The fourth-order valence-corrected chi connectivity index (χ4v) is 6.58. The molecule has 3 nitrogen and oxygen atoms in total. The summed E-state index contributed by atoms with van der Waals surface area (Å²) >= 11 is 2.01. The summed E-state index contributed by atoms with van der Waals surface area (Å²) in [5.74, 6) is 6.49. The number of nitrogens with zero attached hydrogens (tertiary/aromatic N) is 1. The second-order valence-corrected chi connectivity index (χ2v) is 12.3. The molecule has 1 aromatic heterocycles. The Labute approximate surface area is 210 Å². The van der Waals surface area contributed by atoms with Crippen LogP contribution in [0.2, 0.25) is 0 Å². The molecule has 0 bridgehead atoms. The van der Waals surface area contributed by atoms with Gasteiger partial charge in [0, 0.05) is 21.4 Å². The lowest BCUT2D eigenvalue weighted by Gasteiger charge is -2.42. The zero-order valence-corrected chi connectivity index (χ0v) is 22.5. The zero-order valence-electron chi connectivity index (χ0n) is 21.7. The average molecular weight is 478 g/mol. The smallest absolute Gasteiger partial charge is 0.310 e. The van der Waals surface area contributed by atoms with Gasteiger partial charge in [-0.1, -0.05) is 65.9 Å². The highest BCUT2D eigenvalue weighted by Gasteiger charge is 2.38. The van der Waals surface area contributed by atoms with E-state index in [2.05, 4.69) is 63.6 Å². The average Bonchev–Trinajstić information content (AvgIpc) is 2.75. The first-order chi connectivity index (χ1) is 16.1. The molecule has 34 heavy (non-hydrogen) atoms. The standard InChI is InChI=1S/C30H39NO2S/c1-7-9-10-11-12-23-19-27-26(29(3,4)21-30(5,6)34-27)18-24(23)14-16-25-15-13-22(20-31-25)17-28(32)33-8-2/h13,15,18-20H,7-12,17,21H2,1-6H3. The van der Waals surface area contributed by atoms with E-state index in [1.807, 2.05) is 30.8 Å². The van der Waals surface area contributed by atoms with Crippen molar-refractivity contribution in [2.24, 2.45) is 0 Å². The molecular weight excluding hydrogens is 438 g/mol. The fraction of sp³-hybridized carbons (Fsp3) is 0.533. The van der Waals surface area contributed by atoms with E-state index in [9.17, 15) is 4.79 Å². The lowest BCUT2D eigenvalue weighted by atomic mass is 9.76. The number of aryl methyl sites for hydroxylation is 1. The molecule has 1 aromatic carbocycles. The highest BCUT2D eigenvalue weighted by atomic mass is 32.2. The van der Waals surface area contributed by atoms with Gasteiger partial charge in [-0.25, -0.2) is 4.98 Å². The number of rotatable bonds is 8. The van der Waals surface area contributed by atoms with Gasteiger partial charge in [-0.3, -0.25) is 4.79 Å².